The molecule has 102 valence electrons. The van der Waals surface area contributed by atoms with Gasteiger partial charge in [-0.25, -0.2) is 0 Å². The minimum atomic E-state index is -0.0132. The standard InChI is InChI=1S/C17H17NO2/c1-12(20)18-16-5-3-2-4-14(16)8-9-15-7-6-13(11-19)10-17(15)18/h2-7,10,19H,8-9,11H2,1H3. The van der Waals surface area contributed by atoms with Crippen LogP contribution in [0.4, 0.5) is 11.4 Å². The molecule has 0 saturated carbocycles. The fraction of sp³-hybridized carbons (Fsp3) is 0.235. The van der Waals surface area contributed by atoms with Gasteiger partial charge in [-0.05, 0) is 41.7 Å². The maximum absolute atomic E-state index is 12.1. The number of carbonyl (C=O) groups excluding carboxylic acids is 1. The number of hydrogen-bond acceptors (Lipinski definition) is 2. The average molecular weight is 267 g/mol. The van der Waals surface area contributed by atoms with E-state index in [0.717, 1.165) is 35.3 Å². The van der Waals surface area contributed by atoms with Crippen LogP contribution in [-0.2, 0) is 24.2 Å². The lowest BCUT2D eigenvalue weighted by Gasteiger charge is -2.24. The Morgan fingerprint density at radius 2 is 1.80 bits per heavy atom. The molecule has 0 spiro atoms. The van der Waals surface area contributed by atoms with E-state index in [0.29, 0.717) is 0 Å². The number of aliphatic hydroxyl groups excluding tert-OH is 1. The van der Waals surface area contributed by atoms with Crippen LogP contribution in [0.5, 0.6) is 0 Å². The zero-order chi connectivity index (χ0) is 14.1. The topological polar surface area (TPSA) is 40.5 Å². The molecule has 0 aromatic heterocycles. The van der Waals surface area contributed by atoms with E-state index in [1.807, 2.05) is 36.4 Å². The van der Waals surface area contributed by atoms with Crippen molar-refractivity contribution in [1.82, 2.24) is 0 Å². The molecule has 1 N–H and O–H groups in total. The second kappa shape index (κ2) is 5.10. The number of hydrogen-bond donors (Lipinski definition) is 1. The largest absolute Gasteiger partial charge is 0.392 e. The summed E-state index contributed by atoms with van der Waals surface area (Å²) in [6, 6.07) is 13.9. The monoisotopic (exact) mass is 267 g/mol. The molecule has 0 atom stereocenters. The van der Waals surface area contributed by atoms with E-state index < -0.39 is 0 Å². The fourth-order valence-corrected chi connectivity index (χ4v) is 2.81. The summed E-state index contributed by atoms with van der Waals surface area (Å²) in [5.41, 5.74) is 5.01. The van der Waals surface area contributed by atoms with E-state index in [1.54, 1.807) is 11.8 Å². The van der Waals surface area contributed by atoms with Gasteiger partial charge in [0.1, 0.15) is 0 Å². The number of anilines is 2. The quantitative estimate of drug-likeness (QED) is 0.863. The lowest BCUT2D eigenvalue weighted by molar-refractivity contribution is -0.115. The van der Waals surface area contributed by atoms with Gasteiger partial charge in [-0.2, -0.15) is 0 Å². The van der Waals surface area contributed by atoms with Crippen LogP contribution in [0.15, 0.2) is 42.5 Å². The van der Waals surface area contributed by atoms with E-state index in [4.69, 9.17) is 0 Å². The Labute approximate surface area is 118 Å². The third-order valence-electron chi connectivity index (χ3n) is 3.78. The number of benzene rings is 2. The summed E-state index contributed by atoms with van der Waals surface area (Å²) < 4.78 is 0. The summed E-state index contributed by atoms with van der Waals surface area (Å²) in [7, 11) is 0. The molecule has 0 bridgehead atoms. The van der Waals surface area contributed by atoms with Gasteiger partial charge in [0.25, 0.3) is 0 Å². The fourth-order valence-electron chi connectivity index (χ4n) is 2.81. The predicted octanol–water partition coefficient (Wildman–Crippen LogP) is 2.96. The molecular weight excluding hydrogens is 250 g/mol. The molecule has 0 radical (unpaired) electrons. The number of nitrogens with zero attached hydrogens (tertiary/aromatic N) is 1. The van der Waals surface area contributed by atoms with Gasteiger partial charge in [-0.15, -0.1) is 0 Å². The molecule has 0 fully saturated rings. The van der Waals surface area contributed by atoms with E-state index in [9.17, 15) is 9.90 Å². The third kappa shape index (κ3) is 2.10. The summed E-state index contributed by atoms with van der Waals surface area (Å²) in [6.07, 6.45) is 1.83. The van der Waals surface area contributed by atoms with Crippen LogP contribution in [0, 0.1) is 0 Å². The van der Waals surface area contributed by atoms with Crippen LogP contribution in [0.1, 0.15) is 23.6 Å². The van der Waals surface area contributed by atoms with Gasteiger partial charge < -0.3 is 5.11 Å². The molecule has 3 rings (SSSR count). The number of amides is 1. The predicted molar refractivity (Wildman–Crippen MR) is 79.0 cm³/mol. The molecule has 2 aromatic rings. The van der Waals surface area contributed by atoms with Crippen molar-refractivity contribution in [3.05, 3.63) is 59.2 Å². The lowest BCUT2D eigenvalue weighted by Crippen LogP contribution is -2.23. The molecule has 0 saturated heterocycles. The van der Waals surface area contributed by atoms with Gasteiger partial charge in [0.2, 0.25) is 5.91 Å². The zero-order valence-corrected chi connectivity index (χ0v) is 11.5. The van der Waals surface area contributed by atoms with Crippen LogP contribution in [0.25, 0.3) is 0 Å². The second-order valence-corrected chi connectivity index (χ2v) is 5.10. The molecule has 3 heteroatoms. The molecule has 2 aromatic carbocycles. The Bertz CT molecular complexity index is 664. The van der Waals surface area contributed by atoms with Crippen LogP contribution in [-0.4, -0.2) is 11.0 Å². The highest BCUT2D eigenvalue weighted by atomic mass is 16.3. The van der Waals surface area contributed by atoms with E-state index in [1.165, 1.54) is 5.56 Å². The molecule has 0 unspecified atom stereocenters. The normalized spacial score (nSPS) is 13.4. The molecular formula is C17H17NO2. The van der Waals surface area contributed by atoms with Gasteiger partial charge in [0.15, 0.2) is 0 Å². The highest BCUT2D eigenvalue weighted by molar-refractivity contribution is 6.01. The molecule has 1 aliphatic heterocycles. The smallest absolute Gasteiger partial charge is 0.228 e. The van der Waals surface area contributed by atoms with Crippen LogP contribution in [0.3, 0.4) is 0 Å². The van der Waals surface area contributed by atoms with E-state index >= 15 is 0 Å². The summed E-state index contributed by atoms with van der Waals surface area (Å²) >= 11 is 0. The van der Waals surface area contributed by atoms with Gasteiger partial charge >= 0.3 is 0 Å². The molecule has 1 heterocycles. The van der Waals surface area contributed by atoms with Gasteiger partial charge in [0.05, 0.1) is 18.0 Å². The first-order chi connectivity index (χ1) is 9.70. The maximum atomic E-state index is 12.1. The van der Waals surface area contributed by atoms with Crippen LogP contribution >= 0.6 is 0 Å². The molecule has 3 nitrogen and oxygen atoms in total. The first-order valence-electron chi connectivity index (χ1n) is 6.82. The first kappa shape index (κ1) is 12.9. The second-order valence-electron chi connectivity index (χ2n) is 5.10. The Balaban J connectivity index is 2.22. The molecule has 0 aliphatic carbocycles. The number of carbonyl (C=O) groups is 1. The molecule has 20 heavy (non-hydrogen) atoms. The van der Waals surface area contributed by atoms with E-state index in [2.05, 4.69) is 6.07 Å². The van der Waals surface area contributed by atoms with E-state index in [-0.39, 0.29) is 12.5 Å². The Kier molecular flexibility index (Phi) is 3.28. The average Bonchev–Trinajstić information content (AvgIpc) is 2.62. The van der Waals surface area contributed by atoms with Crippen molar-refractivity contribution in [3.63, 3.8) is 0 Å². The number of fused-ring (bicyclic) bond motifs is 2. The van der Waals surface area contributed by atoms with Crippen molar-refractivity contribution in [2.45, 2.75) is 26.4 Å². The SMILES string of the molecule is CC(=O)N1c2ccccc2CCc2ccc(CO)cc21. The number of para-hydroxylation sites is 1. The van der Waals surface area contributed by atoms with Crippen LogP contribution in [0.2, 0.25) is 0 Å². The maximum Gasteiger partial charge on any atom is 0.228 e. The minimum absolute atomic E-state index is 0.00399. The van der Waals surface area contributed by atoms with Crippen molar-refractivity contribution >= 4 is 17.3 Å². The van der Waals surface area contributed by atoms with Crippen molar-refractivity contribution in [3.8, 4) is 0 Å². The minimum Gasteiger partial charge on any atom is -0.392 e. The van der Waals surface area contributed by atoms with Crippen molar-refractivity contribution < 1.29 is 9.90 Å². The Morgan fingerprint density at radius 1 is 1.10 bits per heavy atom. The first-order valence-corrected chi connectivity index (χ1v) is 6.82. The summed E-state index contributed by atoms with van der Waals surface area (Å²) in [6.45, 7) is 1.57. The van der Waals surface area contributed by atoms with Crippen molar-refractivity contribution in [1.29, 1.82) is 0 Å². The molecule has 1 amide bonds. The summed E-state index contributed by atoms with van der Waals surface area (Å²) in [5.74, 6) is -0.00399. The highest BCUT2D eigenvalue weighted by Gasteiger charge is 2.23. The van der Waals surface area contributed by atoms with Crippen molar-refractivity contribution in [2.24, 2.45) is 0 Å². The Morgan fingerprint density at radius 3 is 2.50 bits per heavy atom. The Hall–Kier alpha value is -2.13. The highest BCUT2D eigenvalue weighted by Crippen LogP contribution is 2.36. The number of rotatable bonds is 1. The molecule has 1 aliphatic rings. The summed E-state index contributed by atoms with van der Waals surface area (Å²) in [4.78, 5) is 13.9. The third-order valence-corrected chi connectivity index (χ3v) is 3.78. The van der Waals surface area contributed by atoms with Crippen LogP contribution < -0.4 is 4.90 Å². The van der Waals surface area contributed by atoms with Crippen molar-refractivity contribution in [2.75, 3.05) is 4.90 Å². The lowest BCUT2D eigenvalue weighted by atomic mass is 10.0. The van der Waals surface area contributed by atoms with Gasteiger partial charge in [-0.1, -0.05) is 30.3 Å². The zero-order valence-electron chi connectivity index (χ0n) is 11.5. The van der Waals surface area contributed by atoms with Gasteiger partial charge in [0, 0.05) is 6.92 Å². The number of aryl methyl sites for hydroxylation is 2. The van der Waals surface area contributed by atoms with Gasteiger partial charge in [-0.3, -0.25) is 9.69 Å². The summed E-state index contributed by atoms with van der Waals surface area (Å²) in [5, 5.41) is 9.33. The number of aliphatic hydroxyl groups is 1.